The van der Waals surface area contributed by atoms with Crippen LogP contribution in [-0.4, -0.2) is 36.1 Å². The molecule has 5 nitrogen and oxygen atoms in total. The van der Waals surface area contributed by atoms with Crippen molar-refractivity contribution in [1.29, 1.82) is 0 Å². The monoisotopic (exact) mass is 274 g/mol. The standard InChI is InChI=1S/C15H22N4O/c16-15(20)18-12-6-4-11(5-7-12)17-13-8-10-19-9-2-1-3-14(13)19/h4-7,13-14,17H,1-3,8-10H2,(H3,16,18,20). The number of carbonyl (C=O) groups excluding carboxylic acids is 1. The van der Waals surface area contributed by atoms with Crippen LogP contribution in [0.2, 0.25) is 0 Å². The molecule has 2 amide bonds. The highest BCUT2D eigenvalue weighted by molar-refractivity contribution is 5.87. The topological polar surface area (TPSA) is 70.4 Å². The summed E-state index contributed by atoms with van der Waals surface area (Å²) in [6.07, 6.45) is 5.21. The number of benzene rings is 1. The van der Waals surface area contributed by atoms with Crippen LogP contribution < -0.4 is 16.4 Å². The lowest BCUT2D eigenvalue weighted by atomic mass is 9.99. The quantitative estimate of drug-likeness (QED) is 0.791. The first kappa shape index (κ1) is 13.2. The summed E-state index contributed by atoms with van der Waals surface area (Å²) >= 11 is 0. The number of nitrogens with two attached hydrogens (primary N) is 1. The molecule has 2 aliphatic rings. The van der Waals surface area contributed by atoms with E-state index in [0.717, 1.165) is 11.4 Å². The Bertz CT molecular complexity index is 473. The van der Waals surface area contributed by atoms with Crippen molar-refractivity contribution >= 4 is 17.4 Å². The maximum absolute atomic E-state index is 10.8. The van der Waals surface area contributed by atoms with Gasteiger partial charge in [0.1, 0.15) is 0 Å². The number of amides is 2. The van der Waals surface area contributed by atoms with Gasteiger partial charge in [0, 0.05) is 30.0 Å². The molecule has 1 aromatic carbocycles. The fourth-order valence-electron chi connectivity index (χ4n) is 3.42. The molecule has 0 aliphatic carbocycles. The summed E-state index contributed by atoms with van der Waals surface area (Å²) in [5, 5.41) is 6.21. The van der Waals surface area contributed by atoms with E-state index in [9.17, 15) is 4.79 Å². The number of nitrogens with zero attached hydrogens (tertiary/aromatic N) is 1. The largest absolute Gasteiger partial charge is 0.381 e. The van der Waals surface area contributed by atoms with E-state index in [2.05, 4.69) is 15.5 Å². The second kappa shape index (κ2) is 5.71. The Morgan fingerprint density at radius 3 is 2.60 bits per heavy atom. The van der Waals surface area contributed by atoms with Crippen LogP contribution in [0, 0.1) is 0 Å². The van der Waals surface area contributed by atoms with E-state index in [1.807, 2.05) is 24.3 Å². The van der Waals surface area contributed by atoms with Gasteiger partial charge in [-0.25, -0.2) is 4.79 Å². The zero-order valence-electron chi connectivity index (χ0n) is 11.6. The lowest BCUT2D eigenvalue weighted by Gasteiger charge is -2.33. The van der Waals surface area contributed by atoms with Gasteiger partial charge in [0.25, 0.3) is 0 Å². The Kier molecular flexibility index (Phi) is 3.78. The fraction of sp³-hybridized carbons (Fsp3) is 0.533. The third kappa shape index (κ3) is 2.88. The summed E-state index contributed by atoms with van der Waals surface area (Å²) < 4.78 is 0. The highest BCUT2D eigenvalue weighted by Gasteiger charge is 2.35. The van der Waals surface area contributed by atoms with Crippen molar-refractivity contribution in [3.8, 4) is 0 Å². The first-order valence-corrected chi connectivity index (χ1v) is 7.39. The third-order valence-corrected chi connectivity index (χ3v) is 4.36. The molecule has 0 aromatic heterocycles. The van der Waals surface area contributed by atoms with Crippen LogP contribution in [-0.2, 0) is 0 Å². The highest BCUT2D eigenvalue weighted by atomic mass is 16.2. The second-order valence-corrected chi connectivity index (χ2v) is 5.71. The molecule has 2 heterocycles. The Labute approximate surface area is 119 Å². The van der Waals surface area contributed by atoms with Gasteiger partial charge < -0.3 is 16.4 Å². The predicted octanol–water partition coefficient (Wildman–Crippen LogP) is 2.22. The molecule has 1 aromatic rings. The molecule has 0 radical (unpaired) electrons. The Balaban J connectivity index is 1.61. The molecule has 2 aliphatic heterocycles. The van der Waals surface area contributed by atoms with Crippen molar-refractivity contribution in [1.82, 2.24) is 4.90 Å². The van der Waals surface area contributed by atoms with Crippen LogP contribution in [0.15, 0.2) is 24.3 Å². The predicted molar refractivity (Wildman–Crippen MR) is 80.9 cm³/mol. The molecule has 2 atom stereocenters. The maximum Gasteiger partial charge on any atom is 0.316 e. The Hall–Kier alpha value is -1.75. The van der Waals surface area contributed by atoms with Crippen molar-refractivity contribution < 1.29 is 4.79 Å². The molecule has 5 heteroatoms. The Morgan fingerprint density at radius 1 is 1.10 bits per heavy atom. The van der Waals surface area contributed by atoms with Crippen LogP contribution in [0.1, 0.15) is 25.7 Å². The van der Waals surface area contributed by atoms with Crippen molar-refractivity contribution in [2.75, 3.05) is 23.7 Å². The molecule has 0 spiro atoms. The number of rotatable bonds is 3. The van der Waals surface area contributed by atoms with Crippen LogP contribution in [0.5, 0.6) is 0 Å². The maximum atomic E-state index is 10.8. The van der Waals surface area contributed by atoms with Crippen molar-refractivity contribution in [3.05, 3.63) is 24.3 Å². The third-order valence-electron chi connectivity index (χ3n) is 4.36. The minimum atomic E-state index is -0.528. The molecule has 4 N–H and O–H groups in total. The minimum absolute atomic E-state index is 0.528. The summed E-state index contributed by atoms with van der Waals surface area (Å²) in [7, 11) is 0. The van der Waals surface area contributed by atoms with Gasteiger partial charge in [-0.3, -0.25) is 4.90 Å². The first-order valence-electron chi connectivity index (χ1n) is 7.39. The van der Waals surface area contributed by atoms with Crippen molar-refractivity contribution in [2.24, 2.45) is 5.73 Å². The summed E-state index contributed by atoms with van der Waals surface area (Å²) in [5.41, 5.74) is 6.94. The summed E-state index contributed by atoms with van der Waals surface area (Å²) in [6, 6.07) is 8.45. The van der Waals surface area contributed by atoms with Gasteiger partial charge in [0.05, 0.1) is 0 Å². The lowest BCUT2D eigenvalue weighted by molar-refractivity contribution is 0.193. The number of primary amides is 1. The van der Waals surface area contributed by atoms with E-state index in [1.165, 1.54) is 38.8 Å². The molecule has 3 rings (SSSR count). The molecule has 20 heavy (non-hydrogen) atoms. The molecule has 2 fully saturated rings. The average molecular weight is 274 g/mol. The van der Waals surface area contributed by atoms with Crippen LogP contribution >= 0.6 is 0 Å². The summed E-state index contributed by atoms with van der Waals surface area (Å²) in [6.45, 7) is 2.47. The number of carbonyl (C=O) groups is 1. The van der Waals surface area contributed by atoms with Gasteiger partial charge in [-0.05, 0) is 50.1 Å². The molecule has 0 bridgehead atoms. The van der Waals surface area contributed by atoms with Gasteiger partial charge in [0.15, 0.2) is 0 Å². The van der Waals surface area contributed by atoms with Crippen molar-refractivity contribution in [2.45, 2.75) is 37.8 Å². The number of anilines is 2. The number of fused-ring (bicyclic) bond motifs is 1. The molecule has 2 unspecified atom stereocenters. The molecule has 2 saturated heterocycles. The summed E-state index contributed by atoms with van der Waals surface area (Å²) in [5.74, 6) is 0. The molecule has 108 valence electrons. The molecular formula is C15H22N4O. The van der Waals surface area contributed by atoms with Crippen LogP contribution in [0.3, 0.4) is 0 Å². The number of hydrogen-bond donors (Lipinski definition) is 3. The van der Waals surface area contributed by atoms with E-state index >= 15 is 0 Å². The van der Waals surface area contributed by atoms with Crippen molar-refractivity contribution in [3.63, 3.8) is 0 Å². The average Bonchev–Trinajstić information content (AvgIpc) is 2.84. The first-order chi connectivity index (χ1) is 9.72. The zero-order chi connectivity index (χ0) is 13.9. The van der Waals surface area contributed by atoms with Crippen LogP contribution in [0.25, 0.3) is 0 Å². The Morgan fingerprint density at radius 2 is 1.85 bits per heavy atom. The van der Waals surface area contributed by atoms with Gasteiger partial charge >= 0.3 is 6.03 Å². The normalized spacial score (nSPS) is 26.0. The van der Waals surface area contributed by atoms with E-state index < -0.39 is 6.03 Å². The van der Waals surface area contributed by atoms with Crippen LogP contribution in [0.4, 0.5) is 16.2 Å². The number of nitrogens with one attached hydrogen (secondary N) is 2. The zero-order valence-corrected chi connectivity index (χ0v) is 11.6. The van der Waals surface area contributed by atoms with E-state index in [1.54, 1.807) is 0 Å². The number of urea groups is 1. The second-order valence-electron chi connectivity index (χ2n) is 5.71. The summed E-state index contributed by atoms with van der Waals surface area (Å²) in [4.78, 5) is 13.4. The van der Waals surface area contributed by atoms with E-state index in [4.69, 9.17) is 5.73 Å². The van der Waals surface area contributed by atoms with Gasteiger partial charge in [-0.15, -0.1) is 0 Å². The highest BCUT2D eigenvalue weighted by Crippen LogP contribution is 2.29. The van der Waals surface area contributed by atoms with Gasteiger partial charge in [-0.2, -0.15) is 0 Å². The van der Waals surface area contributed by atoms with Gasteiger partial charge in [-0.1, -0.05) is 6.42 Å². The smallest absolute Gasteiger partial charge is 0.316 e. The van der Waals surface area contributed by atoms with Gasteiger partial charge in [0.2, 0.25) is 0 Å². The molecular weight excluding hydrogens is 252 g/mol. The number of hydrogen-bond acceptors (Lipinski definition) is 3. The SMILES string of the molecule is NC(=O)Nc1ccc(NC2CCN3CCCCC23)cc1. The molecule has 0 saturated carbocycles. The lowest BCUT2D eigenvalue weighted by Crippen LogP contribution is -2.41. The minimum Gasteiger partial charge on any atom is -0.381 e. The number of piperidine rings is 1. The van der Waals surface area contributed by atoms with E-state index in [-0.39, 0.29) is 0 Å². The van der Waals surface area contributed by atoms with E-state index in [0.29, 0.717) is 12.1 Å². The fourth-order valence-corrected chi connectivity index (χ4v) is 3.42.